The van der Waals surface area contributed by atoms with E-state index in [9.17, 15) is 4.79 Å². The molecule has 1 saturated carbocycles. The molecule has 0 bridgehead atoms. The lowest BCUT2D eigenvalue weighted by Gasteiger charge is -2.10. The van der Waals surface area contributed by atoms with Crippen molar-refractivity contribution in [2.24, 2.45) is 0 Å². The number of amides is 1. The molecule has 1 amide bonds. The van der Waals surface area contributed by atoms with Crippen molar-refractivity contribution in [1.29, 1.82) is 0 Å². The van der Waals surface area contributed by atoms with E-state index in [-0.39, 0.29) is 12.5 Å². The van der Waals surface area contributed by atoms with E-state index in [1.165, 1.54) is 0 Å². The van der Waals surface area contributed by atoms with E-state index in [2.05, 4.69) is 10.6 Å². The summed E-state index contributed by atoms with van der Waals surface area (Å²) in [4.78, 5) is 11.5. The smallest absolute Gasteiger partial charge is 0.239 e. The van der Waals surface area contributed by atoms with Gasteiger partial charge in [-0.15, -0.1) is 0 Å². The topological polar surface area (TPSA) is 50.4 Å². The summed E-state index contributed by atoms with van der Waals surface area (Å²) in [5.74, 6) is 0.700. The zero-order valence-corrected chi connectivity index (χ0v) is 10.4. The molecule has 5 heteroatoms. The van der Waals surface area contributed by atoms with Gasteiger partial charge in [-0.05, 0) is 25.0 Å². The lowest BCUT2D eigenvalue weighted by Crippen LogP contribution is -2.31. The number of hydrogen-bond donors (Lipinski definition) is 2. The third-order valence-electron chi connectivity index (χ3n) is 2.56. The fourth-order valence-corrected chi connectivity index (χ4v) is 1.63. The number of benzene rings is 1. The average Bonchev–Trinajstić information content (AvgIpc) is 3.12. The highest BCUT2D eigenvalue weighted by molar-refractivity contribution is 6.33. The van der Waals surface area contributed by atoms with E-state index in [0.717, 1.165) is 12.8 Å². The van der Waals surface area contributed by atoms with Crippen molar-refractivity contribution in [2.75, 3.05) is 19.0 Å². The highest BCUT2D eigenvalue weighted by Crippen LogP contribution is 2.26. The third-order valence-corrected chi connectivity index (χ3v) is 2.88. The van der Waals surface area contributed by atoms with E-state index in [1.54, 1.807) is 25.3 Å². The maximum atomic E-state index is 11.5. The molecule has 0 heterocycles. The van der Waals surface area contributed by atoms with Crippen LogP contribution in [0.2, 0.25) is 5.02 Å². The van der Waals surface area contributed by atoms with Gasteiger partial charge in [-0.1, -0.05) is 11.6 Å². The second-order valence-electron chi connectivity index (χ2n) is 4.04. The van der Waals surface area contributed by atoms with Crippen molar-refractivity contribution < 1.29 is 9.53 Å². The van der Waals surface area contributed by atoms with Crippen LogP contribution < -0.4 is 15.4 Å². The SMILES string of the molecule is COc1ccc(Cl)c(NCC(=O)NC2CC2)c1. The van der Waals surface area contributed by atoms with Gasteiger partial charge in [0, 0.05) is 12.1 Å². The Balaban J connectivity index is 1.90. The molecule has 0 unspecified atom stereocenters. The molecule has 1 aromatic rings. The maximum absolute atomic E-state index is 11.5. The fourth-order valence-electron chi connectivity index (χ4n) is 1.45. The highest BCUT2D eigenvalue weighted by atomic mass is 35.5. The summed E-state index contributed by atoms with van der Waals surface area (Å²) in [5, 5.41) is 6.47. The van der Waals surface area contributed by atoms with Gasteiger partial charge in [-0.2, -0.15) is 0 Å². The number of carbonyl (C=O) groups is 1. The normalized spacial score (nSPS) is 14.2. The Kier molecular flexibility index (Phi) is 3.74. The number of carbonyl (C=O) groups excluding carboxylic acids is 1. The summed E-state index contributed by atoms with van der Waals surface area (Å²) >= 11 is 6.00. The second kappa shape index (κ2) is 5.27. The molecular weight excluding hydrogens is 240 g/mol. The molecule has 17 heavy (non-hydrogen) atoms. The van der Waals surface area contributed by atoms with Crippen LogP contribution in [-0.4, -0.2) is 25.6 Å². The Labute approximate surface area is 105 Å². The number of nitrogens with one attached hydrogen (secondary N) is 2. The minimum atomic E-state index is -0.00798. The molecule has 1 aliphatic carbocycles. The van der Waals surface area contributed by atoms with Gasteiger partial charge in [0.05, 0.1) is 24.4 Å². The zero-order valence-electron chi connectivity index (χ0n) is 9.63. The number of methoxy groups -OCH3 is 1. The van der Waals surface area contributed by atoms with Gasteiger partial charge in [0.2, 0.25) is 5.91 Å². The van der Waals surface area contributed by atoms with Crippen LogP contribution in [0.15, 0.2) is 18.2 Å². The Morgan fingerprint density at radius 1 is 1.53 bits per heavy atom. The van der Waals surface area contributed by atoms with Gasteiger partial charge in [-0.25, -0.2) is 0 Å². The molecular formula is C12H15ClN2O2. The Morgan fingerprint density at radius 2 is 2.29 bits per heavy atom. The van der Waals surface area contributed by atoms with Crippen molar-refractivity contribution in [3.8, 4) is 5.75 Å². The van der Waals surface area contributed by atoms with Gasteiger partial charge < -0.3 is 15.4 Å². The van der Waals surface area contributed by atoms with Crippen molar-refractivity contribution in [2.45, 2.75) is 18.9 Å². The first-order chi connectivity index (χ1) is 8.19. The zero-order chi connectivity index (χ0) is 12.3. The molecule has 4 nitrogen and oxygen atoms in total. The lowest BCUT2D eigenvalue weighted by atomic mass is 10.3. The second-order valence-corrected chi connectivity index (χ2v) is 4.45. The molecule has 0 spiro atoms. The van der Waals surface area contributed by atoms with E-state index in [1.807, 2.05) is 0 Å². The largest absolute Gasteiger partial charge is 0.497 e. The molecule has 1 aromatic carbocycles. The standard InChI is InChI=1S/C12H15ClN2O2/c1-17-9-4-5-10(13)11(6-9)14-7-12(16)15-8-2-3-8/h4-6,8,14H,2-3,7H2,1H3,(H,15,16). The number of halogens is 1. The molecule has 2 rings (SSSR count). The van der Waals surface area contributed by atoms with Crippen LogP contribution in [0, 0.1) is 0 Å². The first kappa shape index (κ1) is 12.0. The predicted octanol–water partition coefficient (Wildman–Crippen LogP) is 2.04. The molecule has 0 radical (unpaired) electrons. The summed E-state index contributed by atoms with van der Waals surface area (Å²) in [6.07, 6.45) is 2.18. The Morgan fingerprint density at radius 3 is 2.94 bits per heavy atom. The number of hydrogen-bond acceptors (Lipinski definition) is 3. The van der Waals surface area contributed by atoms with Crippen molar-refractivity contribution in [3.05, 3.63) is 23.2 Å². The monoisotopic (exact) mass is 254 g/mol. The third kappa shape index (κ3) is 3.53. The Hall–Kier alpha value is -1.42. The van der Waals surface area contributed by atoms with Crippen LogP contribution in [0.4, 0.5) is 5.69 Å². The molecule has 0 aromatic heterocycles. The van der Waals surface area contributed by atoms with E-state index in [0.29, 0.717) is 22.5 Å². The Bertz CT molecular complexity index is 419. The van der Waals surface area contributed by atoms with Crippen molar-refractivity contribution in [1.82, 2.24) is 5.32 Å². The first-order valence-electron chi connectivity index (χ1n) is 5.56. The van der Waals surface area contributed by atoms with Gasteiger partial charge >= 0.3 is 0 Å². The highest BCUT2D eigenvalue weighted by Gasteiger charge is 2.22. The van der Waals surface area contributed by atoms with Crippen LogP contribution in [0.1, 0.15) is 12.8 Å². The van der Waals surface area contributed by atoms with Crippen LogP contribution >= 0.6 is 11.6 Å². The quantitative estimate of drug-likeness (QED) is 0.846. The van der Waals surface area contributed by atoms with Gasteiger partial charge in [0.25, 0.3) is 0 Å². The molecule has 92 valence electrons. The number of rotatable bonds is 5. The average molecular weight is 255 g/mol. The number of anilines is 1. The molecule has 1 aliphatic rings. The van der Waals surface area contributed by atoms with Crippen molar-refractivity contribution in [3.63, 3.8) is 0 Å². The van der Waals surface area contributed by atoms with E-state index < -0.39 is 0 Å². The van der Waals surface area contributed by atoms with Gasteiger partial charge in [-0.3, -0.25) is 4.79 Å². The minimum Gasteiger partial charge on any atom is -0.497 e. The number of ether oxygens (including phenoxy) is 1. The van der Waals surface area contributed by atoms with E-state index in [4.69, 9.17) is 16.3 Å². The summed E-state index contributed by atoms with van der Waals surface area (Å²) in [5.41, 5.74) is 0.706. The lowest BCUT2D eigenvalue weighted by molar-refractivity contribution is -0.119. The molecule has 0 aliphatic heterocycles. The summed E-state index contributed by atoms with van der Waals surface area (Å²) in [6.45, 7) is 0.226. The minimum absolute atomic E-state index is 0.00798. The van der Waals surface area contributed by atoms with Crippen molar-refractivity contribution >= 4 is 23.2 Å². The molecule has 1 fully saturated rings. The predicted molar refractivity (Wildman–Crippen MR) is 67.7 cm³/mol. The molecule has 0 atom stereocenters. The summed E-state index contributed by atoms with van der Waals surface area (Å²) in [6, 6.07) is 5.66. The van der Waals surface area contributed by atoms with Crippen LogP contribution in [-0.2, 0) is 4.79 Å². The summed E-state index contributed by atoms with van der Waals surface area (Å²) < 4.78 is 5.09. The van der Waals surface area contributed by atoms with Gasteiger partial charge in [0.15, 0.2) is 0 Å². The molecule has 2 N–H and O–H groups in total. The van der Waals surface area contributed by atoms with Gasteiger partial charge in [0.1, 0.15) is 5.75 Å². The fraction of sp³-hybridized carbons (Fsp3) is 0.417. The molecule has 0 saturated heterocycles. The van der Waals surface area contributed by atoms with Crippen LogP contribution in [0.25, 0.3) is 0 Å². The van der Waals surface area contributed by atoms with E-state index >= 15 is 0 Å². The van der Waals surface area contributed by atoms with Crippen LogP contribution in [0.3, 0.4) is 0 Å². The summed E-state index contributed by atoms with van der Waals surface area (Å²) in [7, 11) is 1.59. The maximum Gasteiger partial charge on any atom is 0.239 e. The first-order valence-corrected chi connectivity index (χ1v) is 5.93. The van der Waals surface area contributed by atoms with Crippen LogP contribution in [0.5, 0.6) is 5.75 Å².